The Labute approximate surface area is 139 Å². The number of carbonyl (C=O) groups excluding carboxylic acids is 1. The predicted molar refractivity (Wildman–Crippen MR) is 90.4 cm³/mol. The van der Waals surface area contributed by atoms with Crippen LogP contribution in [0.15, 0.2) is 46.3 Å². The average molecular weight is 332 g/mol. The Morgan fingerprint density at radius 2 is 2.04 bits per heavy atom. The van der Waals surface area contributed by atoms with Crippen molar-refractivity contribution in [1.29, 1.82) is 0 Å². The lowest BCUT2D eigenvalue weighted by Crippen LogP contribution is -2.21. The first-order chi connectivity index (χ1) is 11.1. The molecular formula is C17H20N2O3S. The largest absolute Gasteiger partial charge is 0.460 e. The van der Waals surface area contributed by atoms with Crippen LogP contribution >= 0.6 is 11.8 Å². The summed E-state index contributed by atoms with van der Waals surface area (Å²) in [5, 5.41) is 0.539. The topological polar surface area (TPSA) is 61.2 Å². The van der Waals surface area contributed by atoms with Crippen molar-refractivity contribution < 1.29 is 9.53 Å². The minimum absolute atomic E-state index is 0.108. The van der Waals surface area contributed by atoms with E-state index >= 15 is 0 Å². The van der Waals surface area contributed by atoms with Crippen molar-refractivity contribution in [2.45, 2.75) is 31.5 Å². The van der Waals surface area contributed by atoms with Crippen LogP contribution in [0.4, 0.5) is 0 Å². The van der Waals surface area contributed by atoms with Gasteiger partial charge in [0.25, 0.3) is 5.56 Å². The van der Waals surface area contributed by atoms with E-state index in [2.05, 4.69) is 4.98 Å². The van der Waals surface area contributed by atoms with Crippen molar-refractivity contribution in [3.8, 4) is 0 Å². The molecular weight excluding hydrogens is 312 g/mol. The van der Waals surface area contributed by atoms with Crippen LogP contribution in [0.1, 0.15) is 24.6 Å². The van der Waals surface area contributed by atoms with Crippen LogP contribution in [0.25, 0.3) is 0 Å². The number of rotatable bonds is 7. The molecule has 23 heavy (non-hydrogen) atoms. The zero-order chi connectivity index (χ0) is 16.7. The second kappa shape index (κ2) is 8.53. The van der Waals surface area contributed by atoms with E-state index < -0.39 is 0 Å². The fraction of sp³-hybridized carbons (Fsp3) is 0.353. The van der Waals surface area contributed by atoms with E-state index in [4.69, 9.17) is 4.74 Å². The van der Waals surface area contributed by atoms with E-state index in [1.165, 1.54) is 16.3 Å². The van der Waals surface area contributed by atoms with Crippen LogP contribution in [-0.2, 0) is 29.6 Å². The molecule has 0 aliphatic carbocycles. The Morgan fingerprint density at radius 3 is 2.74 bits per heavy atom. The molecule has 122 valence electrons. The maximum Gasteiger partial charge on any atom is 0.316 e. The molecule has 1 aromatic heterocycles. The number of thioether (sulfide) groups is 1. The van der Waals surface area contributed by atoms with Gasteiger partial charge in [0.15, 0.2) is 5.16 Å². The molecule has 0 N–H and O–H groups in total. The number of hydrogen-bond acceptors (Lipinski definition) is 5. The molecule has 0 saturated heterocycles. The molecule has 0 saturated carbocycles. The molecule has 0 atom stereocenters. The highest BCUT2D eigenvalue weighted by Gasteiger charge is 2.10. The monoisotopic (exact) mass is 332 g/mol. The summed E-state index contributed by atoms with van der Waals surface area (Å²) >= 11 is 1.22. The summed E-state index contributed by atoms with van der Waals surface area (Å²) in [6.45, 7) is 2.29. The average Bonchev–Trinajstić information content (AvgIpc) is 2.56. The van der Waals surface area contributed by atoms with E-state index in [0.29, 0.717) is 5.16 Å². The van der Waals surface area contributed by atoms with Crippen LogP contribution in [0, 0.1) is 0 Å². The number of benzene rings is 1. The summed E-state index contributed by atoms with van der Waals surface area (Å²) in [5.74, 6) is -0.197. The van der Waals surface area contributed by atoms with Crippen LogP contribution in [-0.4, -0.2) is 21.3 Å². The first-order valence-corrected chi connectivity index (χ1v) is 8.48. The first kappa shape index (κ1) is 17.3. The number of aromatic nitrogens is 2. The number of hydrogen-bond donors (Lipinski definition) is 0. The molecule has 2 rings (SSSR count). The van der Waals surface area contributed by atoms with Crippen LogP contribution in [0.5, 0.6) is 0 Å². The number of esters is 1. The molecule has 0 fully saturated rings. The summed E-state index contributed by atoms with van der Waals surface area (Å²) in [5.41, 5.74) is 1.60. The van der Waals surface area contributed by atoms with Gasteiger partial charge in [-0.05, 0) is 12.0 Å². The number of ether oxygens (including phenoxy) is 1. The molecule has 1 heterocycles. The standard InChI is InChI=1S/C17H20N2O3S/c1-3-7-14-10-15(20)19(2)17(18-14)23-12-16(21)22-11-13-8-5-4-6-9-13/h4-6,8-10H,3,7,11-12H2,1-2H3. The van der Waals surface area contributed by atoms with Crippen LogP contribution in [0.3, 0.4) is 0 Å². The maximum atomic E-state index is 11.9. The van der Waals surface area contributed by atoms with Crippen molar-refractivity contribution in [3.63, 3.8) is 0 Å². The third-order valence-electron chi connectivity index (χ3n) is 3.21. The van der Waals surface area contributed by atoms with Gasteiger partial charge in [0.2, 0.25) is 0 Å². The molecule has 0 bridgehead atoms. The van der Waals surface area contributed by atoms with Gasteiger partial charge < -0.3 is 4.74 Å². The summed E-state index contributed by atoms with van der Waals surface area (Å²) < 4.78 is 6.68. The molecule has 0 aliphatic heterocycles. The second-order valence-corrected chi connectivity index (χ2v) is 6.05. The highest BCUT2D eigenvalue weighted by Crippen LogP contribution is 2.14. The molecule has 5 nitrogen and oxygen atoms in total. The van der Waals surface area contributed by atoms with E-state index in [1.807, 2.05) is 37.3 Å². The zero-order valence-electron chi connectivity index (χ0n) is 13.3. The van der Waals surface area contributed by atoms with Crippen LogP contribution < -0.4 is 5.56 Å². The minimum atomic E-state index is -0.325. The Hall–Kier alpha value is -2.08. The van der Waals surface area contributed by atoms with Crippen molar-refractivity contribution >= 4 is 17.7 Å². The highest BCUT2D eigenvalue weighted by atomic mass is 32.2. The Kier molecular flexibility index (Phi) is 6.40. The molecule has 0 spiro atoms. The van der Waals surface area contributed by atoms with Gasteiger partial charge in [-0.1, -0.05) is 55.4 Å². The Morgan fingerprint density at radius 1 is 1.30 bits per heavy atom. The zero-order valence-corrected chi connectivity index (χ0v) is 14.1. The van der Waals surface area contributed by atoms with Crippen molar-refractivity contribution in [1.82, 2.24) is 9.55 Å². The van der Waals surface area contributed by atoms with Gasteiger partial charge in [0, 0.05) is 18.8 Å². The van der Waals surface area contributed by atoms with Crippen molar-refractivity contribution in [3.05, 3.63) is 58.0 Å². The van der Waals surface area contributed by atoms with Gasteiger partial charge in [-0.2, -0.15) is 0 Å². The summed E-state index contributed by atoms with van der Waals surface area (Å²) in [6.07, 6.45) is 1.67. The van der Waals surface area contributed by atoms with E-state index in [9.17, 15) is 9.59 Å². The van der Waals surface area contributed by atoms with Gasteiger partial charge in [-0.25, -0.2) is 4.98 Å². The van der Waals surface area contributed by atoms with E-state index in [-0.39, 0.29) is 23.9 Å². The Bertz CT molecular complexity index is 714. The molecule has 0 unspecified atom stereocenters. The first-order valence-electron chi connectivity index (χ1n) is 7.49. The summed E-state index contributed by atoms with van der Waals surface area (Å²) in [4.78, 5) is 28.2. The lowest BCUT2D eigenvalue weighted by atomic mass is 10.2. The Balaban J connectivity index is 1.92. The normalized spacial score (nSPS) is 10.5. The van der Waals surface area contributed by atoms with Crippen LogP contribution in [0.2, 0.25) is 0 Å². The highest BCUT2D eigenvalue weighted by molar-refractivity contribution is 7.99. The van der Waals surface area contributed by atoms with Gasteiger partial charge in [-0.15, -0.1) is 0 Å². The summed E-state index contributed by atoms with van der Waals surface area (Å²) in [7, 11) is 1.66. The maximum absolute atomic E-state index is 11.9. The smallest absolute Gasteiger partial charge is 0.316 e. The van der Waals surface area contributed by atoms with E-state index in [1.54, 1.807) is 13.1 Å². The van der Waals surface area contributed by atoms with Gasteiger partial charge in [0.05, 0.1) is 5.75 Å². The predicted octanol–water partition coefficient (Wildman–Crippen LogP) is 2.57. The molecule has 0 radical (unpaired) electrons. The number of aryl methyl sites for hydroxylation is 1. The molecule has 6 heteroatoms. The van der Waals surface area contributed by atoms with Crippen molar-refractivity contribution in [2.75, 3.05) is 5.75 Å². The third-order valence-corrected chi connectivity index (χ3v) is 4.22. The fourth-order valence-corrected chi connectivity index (χ4v) is 2.78. The van der Waals surface area contributed by atoms with Crippen molar-refractivity contribution in [2.24, 2.45) is 7.05 Å². The fourth-order valence-electron chi connectivity index (χ4n) is 1.98. The van der Waals surface area contributed by atoms with Gasteiger partial charge in [-0.3, -0.25) is 14.2 Å². The third kappa shape index (κ3) is 5.25. The summed E-state index contributed by atoms with van der Waals surface area (Å²) in [6, 6.07) is 11.1. The van der Waals surface area contributed by atoms with E-state index in [0.717, 1.165) is 24.1 Å². The molecule has 1 aromatic carbocycles. The molecule has 2 aromatic rings. The number of carbonyl (C=O) groups is 1. The lowest BCUT2D eigenvalue weighted by molar-refractivity contribution is -0.141. The minimum Gasteiger partial charge on any atom is -0.460 e. The quantitative estimate of drug-likeness (QED) is 0.443. The molecule has 0 amide bonds. The van der Waals surface area contributed by atoms with Gasteiger partial charge in [0.1, 0.15) is 6.61 Å². The lowest BCUT2D eigenvalue weighted by Gasteiger charge is -2.09. The van der Waals surface area contributed by atoms with Gasteiger partial charge >= 0.3 is 5.97 Å². The second-order valence-electron chi connectivity index (χ2n) is 5.11. The molecule has 0 aliphatic rings. The number of nitrogens with zero attached hydrogens (tertiary/aromatic N) is 2. The SMILES string of the molecule is CCCc1cc(=O)n(C)c(SCC(=O)OCc2ccccc2)n1.